The molecule has 0 saturated carbocycles. The predicted octanol–water partition coefficient (Wildman–Crippen LogP) is -1.93. The van der Waals surface area contributed by atoms with Crippen molar-refractivity contribution >= 4 is 7.82 Å². The molecule has 2 rings (SSSR count). The lowest BCUT2D eigenvalue weighted by molar-refractivity contribution is -0.223. The molecule has 2 unspecified atom stereocenters. The maximum atomic E-state index is 11.8. The highest BCUT2D eigenvalue weighted by molar-refractivity contribution is 7.44. The van der Waals surface area contributed by atoms with Gasteiger partial charge in [0.15, 0.2) is 6.23 Å². The van der Waals surface area contributed by atoms with E-state index in [2.05, 4.69) is 4.52 Å². The summed E-state index contributed by atoms with van der Waals surface area (Å²) in [6.07, 6.45) is -3.85. The van der Waals surface area contributed by atoms with Gasteiger partial charge in [0.25, 0.3) is 13.4 Å². The first kappa shape index (κ1) is 19.0. The number of aromatic amines is 1. The van der Waals surface area contributed by atoms with Crippen LogP contribution in [0, 0.1) is 0 Å². The molecule has 3 N–H and O–H groups in total. The average molecular weight is 365 g/mol. The van der Waals surface area contributed by atoms with Crippen molar-refractivity contribution in [3.8, 4) is 0 Å². The van der Waals surface area contributed by atoms with Gasteiger partial charge in [-0.15, -0.1) is 0 Å². The minimum atomic E-state index is -4.99. The van der Waals surface area contributed by atoms with Crippen LogP contribution in [0.3, 0.4) is 0 Å². The molecular formula is C12H18N2O9P-. The summed E-state index contributed by atoms with van der Waals surface area (Å²) in [4.78, 5) is 44.4. The molecule has 0 spiro atoms. The van der Waals surface area contributed by atoms with Crippen molar-refractivity contribution < 1.29 is 33.5 Å². The van der Waals surface area contributed by atoms with E-state index < -0.39 is 50.2 Å². The first-order chi connectivity index (χ1) is 11.1. The summed E-state index contributed by atoms with van der Waals surface area (Å²) in [5.41, 5.74) is -1.43. The Bertz CT molecular complexity index is 724. The van der Waals surface area contributed by atoms with Crippen molar-refractivity contribution in [1.82, 2.24) is 9.55 Å². The Kier molecular flexibility index (Phi) is 5.76. The summed E-state index contributed by atoms with van der Waals surface area (Å²) in [6, 6.07) is 1.07. The fraction of sp³-hybridized carbons (Fsp3) is 0.667. The second-order valence-electron chi connectivity index (χ2n) is 5.49. The normalized spacial score (nSPS) is 29.8. The van der Waals surface area contributed by atoms with E-state index in [0.717, 1.165) is 16.8 Å². The van der Waals surface area contributed by atoms with Gasteiger partial charge in [-0.25, -0.2) is 4.79 Å². The van der Waals surface area contributed by atoms with Gasteiger partial charge in [-0.1, -0.05) is 0 Å². The fourth-order valence-corrected chi connectivity index (χ4v) is 2.70. The zero-order chi connectivity index (χ0) is 18.1. The zero-order valence-corrected chi connectivity index (χ0v) is 13.8. The molecule has 0 radical (unpaired) electrons. The first-order valence-corrected chi connectivity index (χ1v) is 8.57. The molecule has 24 heavy (non-hydrogen) atoms. The summed E-state index contributed by atoms with van der Waals surface area (Å²) in [6.45, 7) is 2.77. The first-order valence-electron chi connectivity index (χ1n) is 7.07. The third-order valence-electron chi connectivity index (χ3n) is 3.27. The van der Waals surface area contributed by atoms with Crippen molar-refractivity contribution in [1.29, 1.82) is 0 Å². The number of nitrogens with one attached hydrogen (secondary N) is 1. The third-order valence-corrected chi connectivity index (χ3v) is 3.74. The molecule has 5 atom stereocenters. The predicted molar refractivity (Wildman–Crippen MR) is 77.0 cm³/mol. The van der Waals surface area contributed by atoms with Gasteiger partial charge in [-0.3, -0.25) is 18.9 Å². The Morgan fingerprint density at radius 2 is 2.17 bits per heavy atom. The van der Waals surface area contributed by atoms with Gasteiger partial charge in [-0.2, -0.15) is 0 Å². The van der Waals surface area contributed by atoms with Gasteiger partial charge in [0.1, 0.15) is 18.3 Å². The van der Waals surface area contributed by atoms with Crippen molar-refractivity contribution in [3.05, 3.63) is 33.1 Å². The Balaban J connectivity index is 2.26. The standard InChI is InChI=1S/C12H19N2O9P/c1-6(2)22-10-7(5-21-24(18,19)20)23-11(9(10)16)14-4-3-8(15)13-12(14)17/h3-4,6-7,9-11,16H,5H2,1-2H3,(H,13,15,17)(H2,18,19,20)/p-1/t7-,9?,10+,11-/m1/s1. The molecular weight excluding hydrogens is 347 g/mol. The van der Waals surface area contributed by atoms with Crippen LogP contribution in [-0.2, 0) is 18.6 Å². The van der Waals surface area contributed by atoms with E-state index in [-0.39, 0.29) is 6.10 Å². The monoisotopic (exact) mass is 365 g/mol. The molecule has 12 heteroatoms. The number of aliphatic hydroxyl groups excluding tert-OH is 1. The zero-order valence-electron chi connectivity index (χ0n) is 12.9. The SMILES string of the molecule is CC(C)O[C@@H]1C(O)[C@H](n2ccc(=O)[nH]c2=O)O[C@@H]1COP(=O)([O-])O. The van der Waals surface area contributed by atoms with Crippen LogP contribution < -0.4 is 16.1 Å². The van der Waals surface area contributed by atoms with E-state index in [1.54, 1.807) is 13.8 Å². The van der Waals surface area contributed by atoms with Gasteiger partial charge in [0, 0.05) is 12.3 Å². The number of rotatable bonds is 6. The van der Waals surface area contributed by atoms with E-state index in [1.807, 2.05) is 4.98 Å². The maximum absolute atomic E-state index is 11.8. The topological polar surface area (TPSA) is 163 Å². The second kappa shape index (κ2) is 7.28. The molecule has 1 aliphatic heterocycles. The van der Waals surface area contributed by atoms with Crippen LogP contribution in [0.25, 0.3) is 0 Å². The van der Waals surface area contributed by atoms with Crippen LogP contribution in [-0.4, -0.2) is 50.6 Å². The summed E-state index contributed by atoms with van der Waals surface area (Å²) in [5, 5.41) is 10.4. The molecule has 2 heterocycles. The molecule has 136 valence electrons. The van der Waals surface area contributed by atoms with Crippen molar-refractivity contribution in [2.24, 2.45) is 0 Å². The minimum Gasteiger partial charge on any atom is -0.756 e. The van der Waals surface area contributed by atoms with Gasteiger partial charge in [-0.05, 0) is 13.8 Å². The molecule has 1 saturated heterocycles. The molecule has 1 fully saturated rings. The lowest BCUT2D eigenvalue weighted by atomic mass is 10.1. The average Bonchev–Trinajstić information content (AvgIpc) is 2.73. The number of H-pyrrole nitrogens is 1. The van der Waals surface area contributed by atoms with Crippen LogP contribution in [0.1, 0.15) is 20.1 Å². The molecule has 0 aliphatic carbocycles. The fourth-order valence-electron chi connectivity index (χ4n) is 2.36. The Morgan fingerprint density at radius 3 is 2.71 bits per heavy atom. The van der Waals surface area contributed by atoms with E-state index in [1.165, 1.54) is 0 Å². The summed E-state index contributed by atoms with van der Waals surface area (Å²) >= 11 is 0. The van der Waals surface area contributed by atoms with Gasteiger partial charge >= 0.3 is 5.69 Å². The van der Waals surface area contributed by atoms with Crippen LogP contribution in [0.15, 0.2) is 21.9 Å². The summed E-state index contributed by atoms with van der Waals surface area (Å²) in [7, 11) is -4.99. The highest BCUT2D eigenvalue weighted by Crippen LogP contribution is 2.36. The molecule has 0 amide bonds. The lowest BCUT2D eigenvalue weighted by Crippen LogP contribution is -2.40. The van der Waals surface area contributed by atoms with Gasteiger partial charge < -0.3 is 28.9 Å². The van der Waals surface area contributed by atoms with Crippen LogP contribution in [0.2, 0.25) is 0 Å². The number of aromatic nitrogens is 2. The molecule has 11 nitrogen and oxygen atoms in total. The van der Waals surface area contributed by atoms with E-state index in [0.29, 0.717) is 0 Å². The quantitative estimate of drug-likeness (QED) is 0.487. The summed E-state index contributed by atoms with van der Waals surface area (Å²) < 4.78 is 27.0. The van der Waals surface area contributed by atoms with Crippen molar-refractivity contribution in [2.75, 3.05) is 6.61 Å². The largest absolute Gasteiger partial charge is 0.756 e. The van der Waals surface area contributed by atoms with Crippen molar-refractivity contribution in [2.45, 2.75) is 44.5 Å². The number of aliphatic hydroxyl groups is 1. The molecule has 1 aromatic heterocycles. The molecule has 1 aromatic rings. The number of hydrogen-bond acceptors (Lipinski definition) is 8. The Labute approximate surface area is 136 Å². The lowest BCUT2D eigenvalue weighted by Gasteiger charge is -2.24. The van der Waals surface area contributed by atoms with Crippen LogP contribution in [0.4, 0.5) is 0 Å². The number of nitrogens with zero attached hydrogens (tertiary/aromatic N) is 1. The maximum Gasteiger partial charge on any atom is 0.330 e. The van der Waals surface area contributed by atoms with Gasteiger partial charge in [0.05, 0.1) is 12.7 Å². The smallest absolute Gasteiger partial charge is 0.330 e. The van der Waals surface area contributed by atoms with Crippen LogP contribution in [0.5, 0.6) is 0 Å². The Morgan fingerprint density at radius 1 is 1.50 bits per heavy atom. The highest BCUT2D eigenvalue weighted by Gasteiger charge is 2.46. The third kappa shape index (κ3) is 4.61. The minimum absolute atomic E-state index is 0.338. The molecule has 1 aliphatic rings. The molecule has 0 bridgehead atoms. The Hall–Kier alpha value is -1.33. The van der Waals surface area contributed by atoms with Gasteiger partial charge in [0.2, 0.25) is 0 Å². The van der Waals surface area contributed by atoms with E-state index in [4.69, 9.17) is 14.4 Å². The van der Waals surface area contributed by atoms with E-state index >= 15 is 0 Å². The number of ether oxygens (including phenoxy) is 2. The number of phosphoric acid groups is 1. The second-order valence-corrected chi connectivity index (χ2v) is 6.68. The molecule has 0 aromatic carbocycles. The van der Waals surface area contributed by atoms with E-state index in [9.17, 15) is 24.2 Å². The summed E-state index contributed by atoms with van der Waals surface area (Å²) in [5.74, 6) is 0. The highest BCUT2D eigenvalue weighted by atomic mass is 31.2. The van der Waals surface area contributed by atoms with Crippen molar-refractivity contribution in [3.63, 3.8) is 0 Å². The van der Waals surface area contributed by atoms with Crippen LogP contribution >= 0.6 is 7.82 Å². The number of phosphoric ester groups is 1. The number of hydrogen-bond donors (Lipinski definition) is 3.